The van der Waals surface area contributed by atoms with Crippen LogP contribution in [0.15, 0.2) is 12.1 Å². The number of carbonyl (C=O) groups is 2. The lowest BCUT2D eigenvalue weighted by Gasteiger charge is -2.14. The maximum Gasteiger partial charge on any atom is 0.243 e. The lowest BCUT2D eigenvalue weighted by Crippen LogP contribution is -2.36. The lowest BCUT2D eigenvalue weighted by molar-refractivity contribution is -0.123. The molecule has 0 saturated carbocycles. The van der Waals surface area contributed by atoms with Gasteiger partial charge in [-0.2, -0.15) is 0 Å². The Morgan fingerprint density at radius 3 is 2.45 bits per heavy atom. The van der Waals surface area contributed by atoms with Gasteiger partial charge in [0.15, 0.2) is 0 Å². The third-order valence-corrected chi connectivity index (χ3v) is 2.71. The van der Waals surface area contributed by atoms with E-state index in [1.165, 1.54) is 0 Å². The highest BCUT2D eigenvalue weighted by Crippen LogP contribution is 2.28. The molecule has 1 aromatic rings. The molecule has 112 valence electrons. The van der Waals surface area contributed by atoms with Crippen LogP contribution in [0.3, 0.4) is 0 Å². The van der Waals surface area contributed by atoms with Crippen molar-refractivity contribution < 1.29 is 14.3 Å². The van der Waals surface area contributed by atoms with E-state index in [0.717, 1.165) is 16.9 Å². The van der Waals surface area contributed by atoms with E-state index in [-0.39, 0.29) is 37.3 Å². The largest absolute Gasteiger partial charge is 0.496 e. The molecule has 4 N–H and O–H groups in total. The van der Waals surface area contributed by atoms with Gasteiger partial charge in [0.05, 0.1) is 20.2 Å². The molecule has 0 aliphatic rings. The molecule has 0 bridgehead atoms. The Bertz CT molecular complexity index is 492. The highest BCUT2D eigenvalue weighted by molar-refractivity contribution is 5.95. The first kappa shape index (κ1) is 18.2. The van der Waals surface area contributed by atoms with Crippen molar-refractivity contribution in [3.63, 3.8) is 0 Å². The molecule has 0 radical (unpaired) electrons. The van der Waals surface area contributed by atoms with E-state index in [0.29, 0.717) is 5.69 Å². The molecule has 0 aliphatic carbocycles. The zero-order chi connectivity index (χ0) is 14.4. The lowest BCUT2D eigenvalue weighted by atomic mass is 10.1. The summed E-state index contributed by atoms with van der Waals surface area (Å²) in [7, 11) is 1.59. The minimum absolute atomic E-state index is 0. The van der Waals surface area contributed by atoms with Crippen molar-refractivity contribution in [3.05, 3.63) is 23.3 Å². The number of carbonyl (C=O) groups excluding carboxylic acids is 2. The van der Waals surface area contributed by atoms with Crippen LogP contribution in [0.25, 0.3) is 0 Å². The fourth-order valence-corrected chi connectivity index (χ4v) is 1.72. The number of hydrogen-bond acceptors (Lipinski definition) is 4. The van der Waals surface area contributed by atoms with Crippen LogP contribution in [0, 0.1) is 13.8 Å². The molecule has 0 unspecified atom stereocenters. The van der Waals surface area contributed by atoms with E-state index in [9.17, 15) is 9.59 Å². The average Bonchev–Trinajstić information content (AvgIpc) is 2.40. The zero-order valence-electron chi connectivity index (χ0n) is 11.8. The fourth-order valence-electron chi connectivity index (χ4n) is 1.72. The number of nitrogens with one attached hydrogen (secondary N) is 2. The van der Waals surface area contributed by atoms with Crippen LogP contribution in [0.4, 0.5) is 5.69 Å². The molecule has 20 heavy (non-hydrogen) atoms. The minimum atomic E-state index is -0.367. The number of amides is 2. The van der Waals surface area contributed by atoms with E-state index in [1.807, 2.05) is 19.9 Å². The number of aryl methyl sites for hydroxylation is 1. The van der Waals surface area contributed by atoms with Crippen LogP contribution >= 0.6 is 12.4 Å². The molecule has 0 heterocycles. The predicted molar refractivity (Wildman–Crippen MR) is 80.4 cm³/mol. The van der Waals surface area contributed by atoms with Crippen LogP contribution in [0.5, 0.6) is 5.75 Å². The van der Waals surface area contributed by atoms with Gasteiger partial charge in [-0.3, -0.25) is 9.59 Å². The summed E-state index contributed by atoms with van der Waals surface area (Å²) in [5.41, 5.74) is 7.63. The van der Waals surface area contributed by atoms with Crippen LogP contribution in [-0.2, 0) is 9.59 Å². The highest BCUT2D eigenvalue weighted by atomic mass is 35.5. The number of benzene rings is 1. The molecule has 0 aromatic heterocycles. The predicted octanol–water partition coefficient (Wildman–Crippen LogP) is 0.747. The second kappa shape index (κ2) is 8.39. The number of anilines is 1. The second-order valence-corrected chi connectivity index (χ2v) is 4.12. The minimum Gasteiger partial charge on any atom is -0.496 e. The van der Waals surface area contributed by atoms with Crippen molar-refractivity contribution in [2.24, 2.45) is 5.73 Å². The van der Waals surface area contributed by atoms with Gasteiger partial charge in [0.1, 0.15) is 5.75 Å². The maximum atomic E-state index is 11.7. The summed E-state index contributed by atoms with van der Waals surface area (Å²) in [6.07, 6.45) is 0. The van der Waals surface area contributed by atoms with E-state index in [1.54, 1.807) is 13.2 Å². The molecular weight excluding hydrogens is 282 g/mol. The number of hydrogen-bond donors (Lipinski definition) is 3. The van der Waals surface area contributed by atoms with Crippen molar-refractivity contribution in [2.45, 2.75) is 13.8 Å². The van der Waals surface area contributed by atoms with Gasteiger partial charge < -0.3 is 21.1 Å². The monoisotopic (exact) mass is 301 g/mol. The van der Waals surface area contributed by atoms with E-state index < -0.39 is 0 Å². The summed E-state index contributed by atoms with van der Waals surface area (Å²) in [5.74, 6) is 0.0629. The fraction of sp³-hybridized carbons (Fsp3) is 0.385. The quantitative estimate of drug-likeness (QED) is 0.748. The molecule has 1 rings (SSSR count). The Morgan fingerprint density at radius 2 is 1.90 bits per heavy atom. The van der Waals surface area contributed by atoms with Gasteiger partial charge in [-0.1, -0.05) is 6.07 Å². The number of halogens is 1. The summed E-state index contributed by atoms with van der Waals surface area (Å²) in [6, 6.07) is 3.66. The van der Waals surface area contributed by atoms with Crippen molar-refractivity contribution in [2.75, 3.05) is 25.5 Å². The number of rotatable bonds is 5. The van der Waals surface area contributed by atoms with E-state index >= 15 is 0 Å². The standard InChI is InChI=1S/C13H19N3O3.ClH/c1-8-4-5-10(9(2)13(8)19-3)16-12(18)7-15-11(17)6-14;/h4-5H,6-7,14H2,1-3H3,(H,15,17)(H,16,18);1H. The topological polar surface area (TPSA) is 93.5 Å². The third-order valence-electron chi connectivity index (χ3n) is 2.71. The first-order valence-electron chi connectivity index (χ1n) is 5.90. The van der Waals surface area contributed by atoms with E-state index in [2.05, 4.69) is 10.6 Å². The molecule has 0 atom stereocenters. The number of ether oxygens (including phenoxy) is 1. The average molecular weight is 302 g/mol. The summed E-state index contributed by atoms with van der Waals surface area (Å²) < 4.78 is 5.28. The third kappa shape index (κ3) is 4.71. The van der Waals surface area contributed by atoms with E-state index in [4.69, 9.17) is 10.5 Å². The summed E-state index contributed by atoms with van der Waals surface area (Å²) in [5, 5.41) is 5.12. The van der Waals surface area contributed by atoms with Crippen LogP contribution in [-0.4, -0.2) is 32.0 Å². The van der Waals surface area contributed by atoms with Gasteiger partial charge >= 0.3 is 0 Å². The molecule has 0 saturated heterocycles. The Balaban J connectivity index is 0.00000361. The van der Waals surface area contributed by atoms with Crippen LogP contribution in [0.2, 0.25) is 0 Å². The number of nitrogens with two attached hydrogens (primary N) is 1. The second-order valence-electron chi connectivity index (χ2n) is 4.12. The van der Waals surface area contributed by atoms with Gasteiger partial charge in [-0.15, -0.1) is 12.4 Å². The Labute approximate surface area is 124 Å². The van der Waals surface area contributed by atoms with Crippen molar-refractivity contribution in [1.29, 1.82) is 0 Å². The molecule has 0 fully saturated rings. The highest BCUT2D eigenvalue weighted by Gasteiger charge is 2.10. The smallest absolute Gasteiger partial charge is 0.243 e. The molecule has 7 heteroatoms. The van der Waals surface area contributed by atoms with Gasteiger partial charge in [0.2, 0.25) is 11.8 Å². The van der Waals surface area contributed by atoms with Crippen molar-refractivity contribution in [1.82, 2.24) is 5.32 Å². The summed E-state index contributed by atoms with van der Waals surface area (Å²) >= 11 is 0. The number of methoxy groups -OCH3 is 1. The Kier molecular flexibility index (Phi) is 7.64. The zero-order valence-corrected chi connectivity index (χ0v) is 12.6. The van der Waals surface area contributed by atoms with Gasteiger partial charge in [0, 0.05) is 11.3 Å². The molecule has 2 amide bonds. The van der Waals surface area contributed by atoms with Crippen molar-refractivity contribution in [3.8, 4) is 5.75 Å². The van der Waals surface area contributed by atoms with Crippen LogP contribution in [0.1, 0.15) is 11.1 Å². The Morgan fingerprint density at radius 1 is 1.25 bits per heavy atom. The molecule has 0 aliphatic heterocycles. The Hall–Kier alpha value is -1.79. The summed E-state index contributed by atoms with van der Waals surface area (Å²) in [6.45, 7) is 3.55. The van der Waals surface area contributed by atoms with Crippen LogP contribution < -0.4 is 21.1 Å². The maximum absolute atomic E-state index is 11.7. The van der Waals surface area contributed by atoms with Crippen molar-refractivity contribution >= 4 is 29.9 Å². The molecule has 0 spiro atoms. The molecular formula is C13H20ClN3O3. The SMILES string of the molecule is COc1c(C)ccc(NC(=O)CNC(=O)CN)c1C.Cl. The van der Waals surface area contributed by atoms with Gasteiger partial charge in [0.25, 0.3) is 0 Å². The molecule has 1 aromatic carbocycles. The first-order chi connectivity index (χ1) is 8.99. The van der Waals surface area contributed by atoms with Gasteiger partial charge in [-0.05, 0) is 25.5 Å². The summed E-state index contributed by atoms with van der Waals surface area (Å²) in [4.78, 5) is 22.6. The first-order valence-corrected chi connectivity index (χ1v) is 5.90. The molecule has 6 nitrogen and oxygen atoms in total. The normalized spacial score (nSPS) is 9.40. The van der Waals surface area contributed by atoms with Gasteiger partial charge in [-0.25, -0.2) is 0 Å².